The fourth-order valence-electron chi connectivity index (χ4n) is 4.39. The fraction of sp³-hybridized carbons (Fsp3) is 0.207. The van der Waals surface area contributed by atoms with E-state index in [2.05, 4.69) is 0 Å². The van der Waals surface area contributed by atoms with Crippen LogP contribution < -0.4 is 14.4 Å². The quantitative estimate of drug-likeness (QED) is 0.222. The van der Waals surface area contributed by atoms with Crippen molar-refractivity contribution in [1.82, 2.24) is 0 Å². The molecule has 1 aliphatic rings. The third-order valence-corrected chi connectivity index (χ3v) is 6.33. The number of benzene rings is 3. The van der Waals surface area contributed by atoms with E-state index in [1.54, 1.807) is 80.9 Å². The van der Waals surface area contributed by atoms with E-state index in [-0.39, 0.29) is 23.7 Å². The van der Waals surface area contributed by atoms with Crippen LogP contribution in [0.5, 0.6) is 11.5 Å². The van der Waals surface area contributed by atoms with Crippen molar-refractivity contribution in [1.29, 1.82) is 0 Å². The molecule has 1 N–H and O–H groups in total. The van der Waals surface area contributed by atoms with E-state index >= 15 is 0 Å². The number of carbonyl (C=O) groups excluding carboxylic acids is 3. The van der Waals surface area contributed by atoms with Crippen molar-refractivity contribution in [2.75, 3.05) is 26.2 Å². The smallest absolute Gasteiger partial charge is 0.309 e. The zero-order valence-electron chi connectivity index (χ0n) is 21.0. The molecule has 0 bridgehead atoms. The minimum atomic E-state index is -0.889. The summed E-state index contributed by atoms with van der Waals surface area (Å²) in [5, 5.41) is 11.3. The molecule has 190 valence electrons. The zero-order chi connectivity index (χ0) is 26.7. The summed E-state index contributed by atoms with van der Waals surface area (Å²) in [6, 6.07) is 17.8. The Morgan fingerprint density at radius 2 is 1.59 bits per heavy atom. The normalized spacial score (nSPS) is 16.5. The largest absolute Gasteiger partial charge is 0.507 e. The number of carbonyl (C=O) groups is 3. The number of hydrogen-bond donors (Lipinski definition) is 1. The first-order valence-electron chi connectivity index (χ1n) is 11.5. The van der Waals surface area contributed by atoms with Crippen LogP contribution in [-0.4, -0.2) is 44.1 Å². The molecule has 1 atom stereocenters. The van der Waals surface area contributed by atoms with Gasteiger partial charge in [0.15, 0.2) is 0 Å². The Hall–Kier alpha value is -4.59. The number of aliphatic hydroxyl groups excluding tert-OH is 1. The summed E-state index contributed by atoms with van der Waals surface area (Å²) in [7, 11) is 4.41. The highest BCUT2D eigenvalue weighted by Gasteiger charge is 2.47. The molecule has 1 unspecified atom stereocenters. The summed E-state index contributed by atoms with van der Waals surface area (Å²) in [5.41, 5.74) is 2.89. The first kappa shape index (κ1) is 25.5. The predicted molar refractivity (Wildman–Crippen MR) is 138 cm³/mol. The third kappa shape index (κ3) is 4.91. The maximum atomic E-state index is 13.4. The highest BCUT2D eigenvalue weighted by atomic mass is 16.5. The van der Waals surface area contributed by atoms with E-state index in [4.69, 9.17) is 14.2 Å². The van der Waals surface area contributed by atoms with Crippen LogP contribution in [0.2, 0.25) is 0 Å². The molecule has 4 rings (SSSR count). The van der Waals surface area contributed by atoms with Crippen molar-refractivity contribution < 1.29 is 33.7 Å². The molecule has 0 spiro atoms. The minimum absolute atomic E-state index is 0.0293. The van der Waals surface area contributed by atoms with Gasteiger partial charge in [0.2, 0.25) is 0 Å². The van der Waals surface area contributed by atoms with Crippen LogP contribution in [-0.2, 0) is 25.5 Å². The highest BCUT2D eigenvalue weighted by molar-refractivity contribution is 6.51. The maximum absolute atomic E-state index is 13.4. The van der Waals surface area contributed by atoms with Crippen molar-refractivity contribution in [3.8, 4) is 11.5 Å². The summed E-state index contributed by atoms with van der Waals surface area (Å²) in [4.78, 5) is 39.7. The molecule has 8 nitrogen and oxygen atoms in total. The molecule has 0 radical (unpaired) electrons. The van der Waals surface area contributed by atoms with E-state index in [0.717, 1.165) is 5.56 Å². The molecule has 0 saturated carbocycles. The van der Waals surface area contributed by atoms with E-state index in [9.17, 15) is 19.5 Å². The molecule has 0 aromatic heterocycles. The van der Waals surface area contributed by atoms with Gasteiger partial charge in [0.25, 0.3) is 11.7 Å². The number of esters is 1. The molecule has 3 aromatic carbocycles. The number of methoxy groups -OCH3 is 3. The van der Waals surface area contributed by atoms with Gasteiger partial charge in [-0.3, -0.25) is 19.3 Å². The maximum Gasteiger partial charge on any atom is 0.309 e. The summed E-state index contributed by atoms with van der Waals surface area (Å²) in [6.45, 7) is 1.82. The molecule has 1 amide bonds. The van der Waals surface area contributed by atoms with Gasteiger partial charge in [-0.15, -0.1) is 0 Å². The average molecular weight is 502 g/mol. The summed E-state index contributed by atoms with van der Waals surface area (Å²) in [6.07, 6.45) is 0.0777. The number of Topliss-reactive ketones (excluding diaryl/α,β-unsaturated/α-hetero) is 1. The lowest BCUT2D eigenvalue weighted by Gasteiger charge is -2.26. The van der Waals surface area contributed by atoms with Gasteiger partial charge in [-0.05, 0) is 66.1 Å². The van der Waals surface area contributed by atoms with E-state index in [1.165, 1.54) is 12.0 Å². The van der Waals surface area contributed by atoms with E-state index in [0.29, 0.717) is 33.9 Å². The SMILES string of the molecule is COC(=O)Cc1ccc(N2C(=O)C(=O)/C(=C(\O)c3ccc(OC)c(C)c3)C2c2ccc(OC)cc2)cc1. The Kier molecular flexibility index (Phi) is 7.29. The Bertz CT molecular complexity index is 1370. The van der Waals surface area contributed by atoms with Crippen LogP contribution in [0.1, 0.15) is 28.3 Å². The second-order valence-corrected chi connectivity index (χ2v) is 8.55. The number of rotatable bonds is 7. The van der Waals surface area contributed by atoms with Gasteiger partial charge < -0.3 is 19.3 Å². The predicted octanol–water partition coefficient (Wildman–Crippen LogP) is 4.35. The van der Waals surface area contributed by atoms with Crippen molar-refractivity contribution in [2.24, 2.45) is 0 Å². The summed E-state index contributed by atoms with van der Waals surface area (Å²) >= 11 is 0. The number of nitrogens with zero attached hydrogens (tertiary/aromatic N) is 1. The first-order valence-corrected chi connectivity index (χ1v) is 11.5. The molecule has 0 aliphatic carbocycles. The molecule has 37 heavy (non-hydrogen) atoms. The topological polar surface area (TPSA) is 102 Å². The van der Waals surface area contributed by atoms with Gasteiger partial charge in [0, 0.05) is 11.3 Å². The summed E-state index contributed by atoms with van der Waals surface area (Å²) < 4.78 is 15.3. The number of amides is 1. The van der Waals surface area contributed by atoms with Crippen LogP contribution >= 0.6 is 0 Å². The molecule has 8 heteroatoms. The standard InChI is InChI=1S/C29H27NO7/c1-17-15-20(9-14-23(17)36-3)27(32)25-26(19-7-12-22(35-2)13-8-19)30(29(34)28(25)33)21-10-5-18(6-11-21)16-24(31)37-4/h5-15,26,32H,16H2,1-4H3/b27-25-. The van der Waals surface area contributed by atoms with Crippen molar-refractivity contribution in [3.63, 3.8) is 0 Å². The molecular formula is C29H27NO7. The molecule has 1 aliphatic heterocycles. The number of ether oxygens (including phenoxy) is 3. The highest BCUT2D eigenvalue weighted by Crippen LogP contribution is 2.42. The number of aliphatic hydroxyl groups is 1. The van der Waals surface area contributed by atoms with E-state index < -0.39 is 17.7 Å². The lowest BCUT2D eigenvalue weighted by atomic mass is 9.94. The zero-order valence-corrected chi connectivity index (χ0v) is 21.0. The van der Waals surface area contributed by atoms with Crippen molar-refractivity contribution in [3.05, 3.63) is 94.6 Å². The monoisotopic (exact) mass is 501 g/mol. The van der Waals surface area contributed by atoms with Gasteiger partial charge in [0.05, 0.1) is 39.4 Å². The second-order valence-electron chi connectivity index (χ2n) is 8.55. The Morgan fingerprint density at radius 3 is 2.16 bits per heavy atom. The molecular weight excluding hydrogens is 474 g/mol. The first-order chi connectivity index (χ1) is 17.8. The van der Waals surface area contributed by atoms with Gasteiger partial charge >= 0.3 is 5.97 Å². The fourth-order valence-corrected chi connectivity index (χ4v) is 4.39. The second kappa shape index (κ2) is 10.6. The van der Waals surface area contributed by atoms with Crippen LogP contribution in [0.4, 0.5) is 5.69 Å². The van der Waals surface area contributed by atoms with Crippen LogP contribution in [0.15, 0.2) is 72.3 Å². The van der Waals surface area contributed by atoms with Gasteiger partial charge in [0.1, 0.15) is 17.3 Å². The molecule has 1 fully saturated rings. The summed E-state index contributed by atoms with van der Waals surface area (Å²) in [5.74, 6) is -0.996. The number of anilines is 1. The van der Waals surface area contributed by atoms with Crippen molar-refractivity contribution in [2.45, 2.75) is 19.4 Å². The van der Waals surface area contributed by atoms with Crippen LogP contribution in [0.25, 0.3) is 5.76 Å². The molecule has 3 aromatic rings. The van der Waals surface area contributed by atoms with Crippen LogP contribution in [0.3, 0.4) is 0 Å². The van der Waals surface area contributed by atoms with Crippen molar-refractivity contribution >= 4 is 29.1 Å². The van der Waals surface area contributed by atoms with Gasteiger partial charge in [-0.1, -0.05) is 24.3 Å². The lowest BCUT2D eigenvalue weighted by molar-refractivity contribution is -0.139. The number of ketones is 1. The average Bonchev–Trinajstić information content (AvgIpc) is 3.18. The third-order valence-electron chi connectivity index (χ3n) is 6.33. The van der Waals surface area contributed by atoms with Gasteiger partial charge in [-0.2, -0.15) is 0 Å². The number of aryl methyl sites for hydroxylation is 1. The molecule has 1 heterocycles. The van der Waals surface area contributed by atoms with Gasteiger partial charge in [-0.25, -0.2) is 0 Å². The number of hydrogen-bond acceptors (Lipinski definition) is 7. The Morgan fingerprint density at radius 1 is 0.919 bits per heavy atom. The minimum Gasteiger partial charge on any atom is -0.507 e. The lowest BCUT2D eigenvalue weighted by Crippen LogP contribution is -2.29. The Balaban J connectivity index is 1.85. The van der Waals surface area contributed by atoms with Crippen LogP contribution in [0, 0.1) is 6.92 Å². The molecule has 1 saturated heterocycles. The Labute approximate surface area is 214 Å². The van der Waals surface area contributed by atoms with E-state index in [1.807, 2.05) is 6.92 Å².